The van der Waals surface area contributed by atoms with E-state index in [1.807, 2.05) is 6.08 Å². The maximum Gasteiger partial charge on any atom is 0.155 e. The number of fused-ring (bicyclic) bond motifs is 3. The Labute approximate surface area is 79.2 Å². The SMILES string of the molecule is CC12CCC(=O)C=C1C1CC1CC2. The van der Waals surface area contributed by atoms with Crippen molar-refractivity contribution in [1.82, 2.24) is 0 Å². The van der Waals surface area contributed by atoms with E-state index in [0.717, 1.165) is 24.7 Å². The molecule has 0 N–H and O–H groups in total. The third kappa shape index (κ3) is 1.02. The smallest absolute Gasteiger partial charge is 0.155 e. The molecule has 70 valence electrons. The molecule has 0 heterocycles. The van der Waals surface area contributed by atoms with Gasteiger partial charge in [0.05, 0.1) is 0 Å². The van der Waals surface area contributed by atoms with Crippen LogP contribution in [0.5, 0.6) is 0 Å². The van der Waals surface area contributed by atoms with Gasteiger partial charge in [0, 0.05) is 6.42 Å². The van der Waals surface area contributed by atoms with E-state index >= 15 is 0 Å². The normalized spacial score (nSPS) is 47.8. The molecule has 0 aromatic rings. The third-order valence-corrected chi connectivity index (χ3v) is 4.33. The summed E-state index contributed by atoms with van der Waals surface area (Å²) in [6, 6.07) is 0. The van der Waals surface area contributed by atoms with Gasteiger partial charge in [0.15, 0.2) is 5.78 Å². The molecule has 0 amide bonds. The molecule has 0 aromatic heterocycles. The van der Waals surface area contributed by atoms with Gasteiger partial charge in [-0.15, -0.1) is 0 Å². The highest BCUT2D eigenvalue weighted by atomic mass is 16.1. The van der Waals surface area contributed by atoms with E-state index in [2.05, 4.69) is 6.92 Å². The molecule has 13 heavy (non-hydrogen) atoms. The number of carbonyl (C=O) groups is 1. The van der Waals surface area contributed by atoms with Crippen molar-refractivity contribution in [3.8, 4) is 0 Å². The Morgan fingerprint density at radius 1 is 1.46 bits per heavy atom. The van der Waals surface area contributed by atoms with Gasteiger partial charge in [-0.1, -0.05) is 12.5 Å². The number of carbonyl (C=O) groups excluding carboxylic acids is 1. The Morgan fingerprint density at radius 2 is 2.31 bits per heavy atom. The van der Waals surface area contributed by atoms with Gasteiger partial charge in [-0.05, 0) is 49.0 Å². The van der Waals surface area contributed by atoms with Crippen LogP contribution in [0.15, 0.2) is 11.6 Å². The van der Waals surface area contributed by atoms with E-state index in [1.54, 1.807) is 0 Å². The Bertz CT molecular complexity index is 302. The van der Waals surface area contributed by atoms with E-state index in [9.17, 15) is 4.79 Å². The second kappa shape index (κ2) is 2.26. The third-order valence-electron chi connectivity index (χ3n) is 4.33. The van der Waals surface area contributed by atoms with Gasteiger partial charge in [0.1, 0.15) is 0 Å². The second-order valence-corrected chi connectivity index (χ2v) is 5.27. The molecule has 1 heteroatoms. The topological polar surface area (TPSA) is 17.1 Å². The molecular weight excluding hydrogens is 160 g/mol. The van der Waals surface area contributed by atoms with Gasteiger partial charge < -0.3 is 0 Å². The van der Waals surface area contributed by atoms with Gasteiger partial charge in [0.25, 0.3) is 0 Å². The molecule has 2 fully saturated rings. The number of hydrogen-bond donors (Lipinski definition) is 0. The fourth-order valence-corrected chi connectivity index (χ4v) is 3.24. The van der Waals surface area contributed by atoms with Crippen molar-refractivity contribution < 1.29 is 4.79 Å². The van der Waals surface area contributed by atoms with Gasteiger partial charge in [0.2, 0.25) is 0 Å². The molecule has 3 atom stereocenters. The van der Waals surface area contributed by atoms with Gasteiger partial charge in [-0.2, -0.15) is 0 Å². The summed E-state index contributed by atoms with van der Waals surface area (Å²) in [5.41, 5.74) is 1.92. The van der Waals surface area contributed by atoms with Crippen LogP contribution in [0.2, 0.25) is 0 Å². The average Bonchev–Trinajstić information content (AvgIpc) is 2.86. The summed E-state index contributed by atoms with van der Waals surface area (Å²) in [6.45, 7) is 2.36. The first-order valence-corrected chi connectivity index (χ1v) is 5.44. The van der Waals surface area contributed by atoms with Crippen LogP contribution < -0.4 is 0 Å². The number of ketones is 1. The van der Waals surface area contributed by atoms with Crippen molar-refractivity contribution >= 4 is 5.78 Å². The summed E-state index contributed by atoms with van der Waals surface area (Å²) in [4.78, 5) is 11.3. The second-order valence-electron chi connectivity index (χ2n) is 5.27. The van der Waals surface area contributed by atoms with Crippen molar-refractivity contribution in [2.45, 2.75) is 39.0 Å². The summed E-state index contributed by atoms with van der Waals surface area (Å²) < 4.78 is 0. The van der Waals surface area contributed by atoms with Crippen LogP contribution in [0.4, 0.5) is 0 Å². The lowest BCUT2D eigenvalue weighted by Crippen LogP contribution is -2.29. The highest BCUT2D eigenvalue weighted by molar-refractivity contribution is 5.91. The van der Waals surface area contributed by atoms with Crippen LogP contribution in [0.1, 0.15) is 39.0 Å². The van der Waals surface area contributed by atoms with E-state index in [1.165, 1.54) is 24.8 Å². The number of hydrogen-bond acceptors (Lipinski definition) is 1. The zero-order chi connectivity index (χ0) is 9.05. The lowest BCUT2D eigenvalue weighted by Gasteiger charge is -2.38. The quantitative estimate of drug-likeness (QED) is 0.554. The highest BCUT2D eigenvalue weighted by Gasteiger charge is 2.51. The fourth-order valence-electron chi connectivity index (χ4n) is 3.24. The minimum Gasteiger partial charge on any atom is -0.295 e. The average molecular weight is 176 g/mol. The molecule has 3 unspecified atom stereocenters. The van der Waals surface area contributed by atoms with Crippen LogP contribution in [0.3, 0.4) is 0 Å². The molecule has 0 spiro atoms. The van der Waals surface area contributed by atoms with Crippen LogP contribution in [0, 0.1) is 17.3 Å². The summed E-state index contributed by atoms with van der Waals surface area (Å²) in [5.74, 6) is 2.13. The predicted molar refractivity (Wildman–Crippen MR) is 51.3 cm³/mol. The summed E-state index contributed by atoms with van der Waals surface area (Å²) in [6.07, 6.45) is 7.99. The molecule has 3 rings (SSSR count). The Balaban J connectivity index is 2.01. The van der Waals surface area contributed by atoms with E-state index < -0.39 is 0 Å². The predicted octanol–water partition coefficient (Wildman–Crippen LogP) is 2.71. The van der Waals surface area contributed by atoms with Crippen molar-refractivity contribution in [3.63, 3.8) is 0 Å². The molecule has 2 saturated carbocycles. The van der Waals surface area contributed by atoms with Crippen molar-refractivity contribution in [2.75, 3.05) is 0 Å². The van der Waals surface area contributed by atoms with E-state index in [0.29, 0.717) is 11.2 Å². The molecule has 0 aliphatic heterocycles. The molecule has 0 saturated heterocycles. The molecule has 0 aromatic carbocycles. The largest absolute Gasteiger partial charge is 0.295 e. The minimum atomic E-state index is 0.375. The standard InChI is InChI=1S/C12H16O/c1-12-4-2-8-6-10(8)11(12)7-9(13)3-5-12/h7-8,10H,2-6H2,1H3. The first-order chi connectivity index (χ1) is 6.19. The summed E-state index contributed by atoms with van der Waals surface area (Å²) in [5, 5.41) is 0. The van der Waals surface area contributed by atoms with Crippen molar-refractivity contribution in [2.24, 2.45) is 17.3 Å². The molecule has 3 aliphatic rings. The number of allylic oxidation sites excluding steroid dienone is 2. The Hall–Kier alpha value is -0.590. The van der Waals surface area contributed by atoms with Crippen molar-refractivity contribution in [1.29, 1.82) is 0 Å². The molecule has 0 bridgehead atoms. The first kappa shape index (κ1) is 7.78. The van der Waals surface area contributed by atoms with Crippen LogP contribution in [-0.4, -0.2) is 5.78 Å². The van der Waals surface area contributed by atoms with Gasteiger partial charge in [-0.25, -0.2) is 0 Å². The summed E-state index contributed by atoms with van der Waals surface area (Å²) in [7, 11) is 0. The van der Waals surface area contributed by atoms with Crippen LogP contribution in [-0.2, 0) is 4.79 Å². The molecular formula is C12H16O. The maximum absolute atomic E-state index is 11.3. The van der Waals surface area contributed by atoms with E-state index in [4.69, 9.17) is 0 Å². The van der Waals surface area contributed by atoms with Gasteiger partial charge >= 0.3 is 0 Å². The Morgan fingerprint density at radius 3 is 3.15 bits per heavy atom. The molecule has 0 radical (unpaired) electrons. The minimum absolute atomic E-state index is 0.375. The lowest BCUT2D eigenvalue weighted by atomic mass is 9.66. The first-order valence-electron chi connectivity index (χ1n) is 5.44. The van der Waals surface area contributed by atoms with Crippen molar-refractivity contribution in [3.05, 3.63) is 11.6 Å². The zero-order valence-corrected chi connectivity index (χ0v) is 8.18. The van der Waals surface area contributed by atoms with Crippen LogP contribution in [0.25, 0.3) is 0 Å². The van der Waals surface area contributed by atoms with Crippen LogP contribution >= 0.6 is 0 Å². The highest BCUT2D eigenvalue weighted by Crippen LogP contribution is 2.61. The van der Waals surface area contributed by atoms with Gasteiger partial charge in [-0.3, -0.25) is 4.79 Å². The van der Waals surface area contributed by atoms with E-state index in [-0.39, 0.29) is 0 Å². The number of rotatable bonds is 0. The fraction of sp³-hybridized carbons (Fsp3) is 0.750. The Kier molecular flexibility index (Phi) is 1.35. The monoisotopic (exact) mass is 176 g/mol. The molecule has 3 aliphatic carbocycles. The lowest BCUT2D eigenvalue weighted by molar-refractivity contribution is -0.115. The summed E-state index contributed by atoms with van der Waals surface area (Å²) >= 11 is 0. The maximum atomic E-state index is 11.3. The zero-order valence-electron chi connectivity index (χ0n) is 8.18. The molecule has 1 nitrogen and oxygen atoms in total.